The van der Waals surface area contributed by atoms with E-state index in [1.54, 1.807) is 17.4 Å². The van der Waals surface area contributed by atoms with Crippen LogP contribution in [0.2, 0.25) is 0 Å². The monoisotopic (exact) mass is 229 g/mol. The Morgan fingerprint density at radius 3 is 2.75 bits per heavy atom. The molecule has 0 amide bonds. The summed E-state index contributed by atoms with van der Waals surface area (Å²) >= 11 is 1.64. The van der Waals surface area contributed by atoms with Gasteiger partial charge in [0, 0.05) is 0 Å². The van der Waals surface area contributed by atoms with Gasteiger partial charge < -0.3 is 5.11 Å². The van der Waals surface area contributed by atoms with Crippen molar-refractivity contribution in [3.63, 3.8) is 0 Å². The summed E-state index contributed by atoms with van der Waals surface area (Å²) in [6, 6.07) is 7.34. The maximum Gasteiger partial charge on any atom is 0.128 e. The minimum Gasteiger partial charge on any atom is -0.507 e. The average molecular weight is 229 g/mol. The highest BCUT2D eigenvalue weighted by Gasteiger charge is 2.08. The first kappa shape index (κ1) is 9.60. The van der Waals surface area contributed by atoms with E-state index < -0.39 is 0 Å². The number of rotatable bonds is 1. The second kappa shape index (κ2) is 3.76. The molecular formula is C13H11NOS. The number of nitrogens with zero attached hydrogens (tertiary/aromatic N) is 1. The lowest BCUT2D eigenvalue weighted by atomic mass is 10.2. The number of hydrogen-bond acceptors (Lipinski definition) is 3. The Morgan fingerprint density at radius 2 is 1.94 bits per heavy atom. The molecule has 1 aromatic heterocycles. The van der Waals surface area contributed by atoms with Crippen LogP contribution in [0.15, 0.2) is 24.3 Å². The summed E-state index contributed by atoms with van der Waals surface area (Å²) in [5, 5.41) is 11.7. The molecule has 0 saturated heterocycles. The molecule has 1 aromatic carbocycles. The lowest BCUT2D eigenvalue weighted by molar-refractivity contribution is 0.477. The number of fused-ring (bicyclic) bond motifs is 1. The third-order valence-electron chi connectivity index (χ3n) is 2.65. The number of benzene rings is 1. The van der Waals surface area contributed by atoms with Crippen LogP contribution in [-0.2, 0) is 0 Å². The average Bonchev–Trinajstić information content (AvgIpc) is 2.73. The van der Waals surface area contributed by atoms with E-state index in [4.69, 9.17) is 0 Å². The summed E-state index contributed by atoms with van der Waals surface area (Å²) in [5.74, 6) is 0.300. The Bertz CT molecular complexity index is 609. The smallest absolute Gasteiger partial charge is 0.128 e. The summed E-state index contributed by atoms with van der Waals surface area (Å²) in [6.45, 7) is 0. The number of phenolic OH excluding ortho intramolecular Hbond substituents is 1. The van der Waals surface area contributed by atoms with Gasteiger partial charge in [-0.15, -0.1) is 11.3 Å². The van der Waals surface area contributed by atoms with Crippen molar-refractivity contribution in [3.8, 4) is 16.3 Å². The van der Waals surface area contributed by atoms with E-state index in [1.807, 2.05) is 18.2 Å². The van der Waals surface area contributed by atoms with Crippen molar-refractivity contribution in [1.29, 1.82) is 0 Å². The summed E-state index contributed by atoms with van der Waals surface area (Å²) in [5.41, 5.74) is 0.823. The van der Waals surface area contributed by atoms with Crippen molar-refractivity contribution >= 4 is 23.5 Å². The number of phenols is 1. The van der Waals surface area contributed by atoms with Crippen LogP contribution in [0.3, 0.4) is 0 Å². The highest BCUT2D eigenvalue weighted by atomic mass is 32.1. The lowest BCUT2D eigenvalue weighted by Crippen LogP contribution is -2.22. The van der Waals surface area contributed by atoms with Crippen molar-refractivity contribution in [2.45, 2.75) is 12.8 Å². The molecule has 3 rings (SSSR count). The maximum atomic E-state index is 9.77. The van der Waals surface area contributed by atoms with E-state index >= 15 is 0 Å². The summed E-state index contributed by atoms with van der Waals surface area (Å²) in [4.78, 5) is 4.55. The fourth-order valence-electron chi connectivity index (χ4n) is 1.84. The largest absolute Gasteiger partial charge is 0.507 e. The molecule has 1 aliphatic rings. The Labute approximate surface area is 97.2 Å². The molecule has 0 spiro atoms. The minimum absolute atomic E-state index is 0.300. The van der Waals surface area contributed by atoms with E-state index in [9.17, 15) is 5.11 Å². The van der Waals surface area contributed by atoms with Crippen molar-refractivity contribution in [2.75, 3.05) is 0 Å². The molecule has 2 nitrogen and oxygen atoms in total. The highest BCUT2D eigenvalue weighted by Crippen LogP contribution is 2.27. The van der Waals surface area contributed by atoms with Gasteiger partial charge in [0.05, 0.1) is 15.4 Å². The van der Waals surface area contributed by atoms with Gasteiger partial charge in [0.2, 0.25) is 0 Å². The van der Waals surface area contributed by atoms with Crippen LogP contribution >= 0.6 is 11.3 Å². The van der Waals surface area contributed by atoms with Gasteiger partial charge >= 0.3 is 0 Å². The van der Waals surface area contributed by atoms with Crippen LogP contribution in [0.25, 0.3) is 22.7 Å². The molecule has 80 valence electrons. The molecule has 2 aromatic rings. The fourth-order valence-corrected chi connectivity index (χ4v) is 2.91. The van der Waals surface area contributed by atoms with Gasteiger partial charge in [0.25, 0.3) is 0 Å². The Morgan fingerprint density at radius 1 is 1.12 bits per heavy atom. The standard InChI is InChI=1S/C13H11NOS/c15-11-7-3-1-5-9(11)13-14-10-6-2-4-8-12(10)16-13/h1,3,5-8,15H,2,4H2. The van der Waals surface area contributed by atoms with Gasteiger partial charge in [-0.2, -0.15) is 0 Å². The molecule has 0 atom stereocenters. The predicted octanol–water partition coefficient (Wildman–Crippen LogP) is 1.87. The Balaban J connectivity index is 2.23. The molecule has 0 unspecified atom stereocenters. The molecule has 0 saturated carbocycles. The Hall–Kier alpha value is -1.61. The first-order chi connectivity index (χ1) is 7.84. The number of thiazole rings is 1. The van der Waals surface area contributed by atoms with Crippen LogP contribution in [0.5, 0.6) is 5.75 Å². The first-order valence-corrected chi connectivity index (χ1v) is 6.12. The van der Waals surface area contributed by atoms with Gasteiger partial charge in [-0.25, -0.2) is 4.98 Å². The third-order valence-corrected chi connectivity index (χ3v) is 3.75. The Kier molecular flexibility index (Phi) is 2.26. The summed E-state index contributed by atoms with van der Waals surface area (Å²) in [7, 11) is 0. The van der Waals surface area contributed by atoms with Gasteiger partial charge in [-0.1, -0.05) is 24.3 Å². The lowest BCUT2D eigenvalue weighted by Gasteiger charge is -1.98. The second-order valence-electron chi connectivity index (χ2n) is 3.77. The normalized spacial score (nSPS) is 13.8. The van der Waals surface area contributed by atoms with Gasteiger partial charge in [0.15, 0.2) is 0 Å². The number of aromatic hydroxyl groups is 1. The van der Waals surface area contributed by atoms with E-state index in [0.29, 0.717) is 5.75 Å². The van der Waals surface area contributed by atoms with Crippen molar-refractivity contribution in [1.82, 2.24) is 4.98 Å². The van der Waals surface area contributed by atoms with Crippen LogP contribution in [0, 0.1) is 0 Å². The fraction of sp³-hybridized carbons (Fsp3) is 0.154. The van der Waals surface area contributed by atoms with Crippen LogP contribution < -0.4 is 9.88 Å². The SMILES string of the molecule is Oc1ccccc1-c1nc2c(s1)=CCCC=2. The zero-order valence-electron chi connectivity index (χ0n) is 8.68. The molecular weight excluding hydrogens is 218 g/mol. The van der Waals surface area contributed by atoms with Crippen molar-refractivity contribution in [3.05, 3.63) is 34.1 Å². The number of aromatic nitrogens is 1. The van der Waals surface area contributed by atoms with Gasteiger partial charge in [-0.3, -0.25) is 0 Å². The second-order valence-corrected chi connectivity index (χ2v) is 4.80. The van der Waals surface area contributed by atoms with E-state index in [1.165, 1.54) is 4.53 Å². The summed E-state index contributed by atoms with van der Waals surface area (Å²) < 4.78 is 1.23. The molecule has 0 bridgehead atoms. The molecule has 0 radical (unpaired) electrons. The van der Waals surface area contributed by atoms with Crippen molar-refractivity contribution in [2.24, 2.45) is 0 Å². The summed E-state index contributed by atoms with van der Waals surface area (Å²) in [6.07, 6.45) is 6.54. The minimum atomic E-state index is 0.300. The quantitative estimate of drug-likeness (QED) is 0.810. The topological polar surface area (TPSA) is 33.1 Å². The van der Waals surface area contributed by atoms with Crippen LogP contribution in [0.4, 0.5) is 0 Å². The zero-order chi connectivity index (χ0) is 11.0. The van der Waals surface area contributed by atoms with Crippen molar-refractivity contribution < 1.29 is 5.11 Å². The zero-order valence-corrected chi connectivity index (χ0v) is 9.50. The third kappa shape index (κ3) is 1.53. The number of para-hydroxylation sites is 1. The number of hydrogen-bond donors (Lipinski definition) is 1. The predicted molar refractivity (Wildman–Crippen MR) is 66.6 cm³/mol. The van der Waals surface area contributed by atoms with Gasteiger partial charge in [0.1, 0.15) is 10.8 Å². The molecule has 0 aliphatic heterocycles. The molecule has 0 fully saturated rings. The van der Waals surface area contributed by atoms with Crippen LogP contribution in [0.1, 0.15) is 12.8 Å². The van der Waals surface area contributed by atoms with Crippen LogP contribution in [-0.4, -0.2) is 10.1 Å². The first-order valence-electron chi connectivity index (χ1n) is 5.30. The van der Waals surface area contributed by atoms with Gasteiger partial charge in [-0.05, 0) is 25.0 Å². The maximum absolute atomic E-state index is 9.77. The molecule has 1 N–H and O–H groups in total. The molecule has 1 heterocycles. The van der Waals surface area contributed by atoms with E-state index in [2.05, 4.69) is 17.1 Å². The van der Waals surface area contributed by atoms with E-state index in [-0.39, 0.29) is 0 Å². The highest BCUT2D eigenvalue weighted by molar-refractivity contribution is 7.13. The molecule has 16 heavy (non-hydrogen) atoms. The molecule has 1 aliphatic carbocycles. The van der Waals surface area contributed by atoms with E-state index in [0.717, 1.165) is 28.8 Å². The molecule has 3 heteroatoms.